The number of nitrogens with one attached hydrogen (secondary N) is 2. The van der Waals surface area contributed by atoms with E-state index >= 15 is 0 Å². The molecule has 0 saturated heterocycles. The second-order valence-electron chi connectivity index (χ2n) is 4.41. The Labute approximate surface area is 143 Å². The molecule has 0 aromatic heterocycles. The molecule has 6 heteroatoms. The molecule has 0 bridgehead atoms. The highest BCUT2D eigenvalue weighted by molar-refractivity contribution is 14.0. The zero-order chi connectivity index (χ0) is 14.6. The molecule has 0 unspecified atom stereocenters. The first-order chi connectivity index (χ1) is 9.76. The van der Waals surface area contributed by atoms with E-state index in [1.54, 1.807) is 19.2 Å². The first kappa shape index (κ1) is 20.1. The van der Waals surface area contributed by atoms with Crippen molar-refractivity contribution in [1.82, 2.24) is 10.6 Å². The van der Waals surface area contributed by atoms with Gasteiger partial charge >= 0.3 is 0 Å². The highest BCUT2D eigenvalue weighted by Crippen LogP contribution is 2.06. The van der Waals surface area contributed by atoms with E-state index in [0.29, 0.717) is 13.2 Å². The standard InChI is InChI=1S/C15H24FN3O.HI/c1-3-17-15(19-10-11-20-2)18-9-5-7-13-6-4-8-14(16)12-13;/h4,6,8,12H,3,5,7,9-11H2,1-2H3,(H2,17,18,19);1H. The second kappa shape index (κ2) is 12.8. The first-order valence-electron chi connectivity index (χ1n) is 7.01. The third-order valence-corrected chi connectivity index (χ3v) is 2.73. The molecule has 0 radical (unpaired) electrons. The Hall–Kier alpha value is -0.890. The normalized spacial score (nSPS) is 10.9. The molecule has 0 aliphatic carbocycles. The van der Waals surface area contributed by atoms with Crippen LogP contribution >= 0.6 is 24.0 Å². The minimum Gasteiger partial charge on any atom is -0.383 e. The van der Waals surface area contributed by atoms with Crippen LogP contribution in [0.1, 0.15) is 18.9 Å². The molecule has 0 aliphatic heterocycles. The second-order valence-corrected chi connectivity index (χ2v) is 4.41. The van der Waals surface area contributed by atoms with Gasteiger partial charge in [0.15, 0.2) is 5.96 Å². The fourth-order valence-electron chi connectivity index (χ4n) is 1.78. The summed E-state index contributed by atoms with van der Waals surface area (Å²) in [6.45, 7) is 4.93. The van der Waals surface area contributed by atoms with Gasteiger partial charge in [0.05, 0.1) is 6.61 Å². The maximum Gasteiger partial charge on any atom is 0.191 e. The van der Waals surface area contributed by atoms with Crippen molar-refractivity contribution in [3.05, 3.63) is 35.6 Å². The van der Waals surface area contributed by atoms with Crippen molar-refractivity contribution in [1.29, 1.82) is 0 Å². The number of methoxy groups -OCH3 is 1. The Balaban J connectivity index is 0.00000400. The van der Waals surface area contributed by atoms with Crippen molar-refractivity contribution >= 4 is 29.9 Å². The number of guanidine groups is 1. The van der Waals surface area contributed by atoms with Gasteiger partial charge in [0, 0.05) is 26.7 Å². The fourth-order valence-corrected chi connectivity index (χ4v) is 1.78. The van der Waals surface area contributed by atoms with Gasteiger partial charge < -0.3 is 15.4 Å². The number of nitrogens with zero attached hydrogens (tertiary/aromatic N) is 1. The van der Waals surface area contributed by atoms with E-state index in [9.17, 15) is 4.39 Å². The SMILES string of the molecule is CCNC(=NCCCc1cccc(F)c1)NCCOC.I. The number of aryl methyl sites for hydroxylation is 1. The summed E-state index contributed by atoms with van der Waals surface area (Å²) in [5.74, 6) is 0.615. The summed E-state index contributed by atoms with van der Waals surface area (Å²) < 4.78 is 18.0. The molecule has 21 heavy (non-hydrogen) atoms. The van der Waals surface area contributed by atoms with E-state index in [1.165, 1.54) is 6.07 Å². The Morgan fingerprint density at radius 3 is 2.81 bits per heavy atom. The van der Waals surface area contributed by atoms with Crippen LogP contribution in [-0.4, -0.2) is 39.3 Å². The third kappa shape index (κ3) is 9.62. The van der Waals surface area contributed by atoms with Crippen LogP contribution < -0.4 is 10.6 Å². The van der Waals surface area contributed by atoms with Gasteiger partial charge in [0.2, 0.25) is 0 Å². The molecule has 0 spiro atoms. The van der Waals surface area contributed by atoms with Crippen LogP contribution in [0.15, 0.2) is 29.3 Å². The minimum atomic E-state index is -0.180. The summed E-state index contributed by atoms with van der Waals surface area (Å²) in [7, 11) is 1.67. The Morgan fingerprint density at radius 1 is 1.33 bits per heavy atom. The molecule has 1 aromatic carbocycles. The summed E-state index contributed by atoms with van der Waals surface area (Å²) in [5, 5.41) is 6.36. The average Bonchev–Trinajstić information content (AvgIpc) is 2.44. The van der Waals surface area contributed by atoms with Gasteiger partial charge in [0.1, 0.15) is 5.82 Å². The Bertz CT molecular complexity index is 416. The molecule has 0 heterocycles. The highest BCUT2D eigenvalue weighted by Gasteiger charge is 1.97. The maximum atomic E-state index is 13.0. The van der Waals surface area contributed by atoms with Crippen LogP contribution in [0.25, 0.3) is 0 Å². The van der Waals surface area contributed by atoms with E-state index < -0.39 is 0 Å². The minimum absolute atomic E-state index is 0. The quantitative estimate of drug-likeness (QED) is 0.300. The zero-order valence-corrected chi connectivity index (χ0v) is 15.0. The molecule has 0 saturated carbocycles. The molecule has 4 nitrogen and oxygen atoms in total. The fraction of sp³-hybridized carbons (Fsp3) is 0.533. The molecule has 0 atom stereocenters. The molecule has 1 rings (SSSR count). The van der Waals surface area contributed by atoms with Gasteiger partial charge in [0.25, 0.3) is 0 Å². The van der Waals surface area contributed by atoms with E-state index in [1.807, 2.05) is 13.0 Å². The highest BCUT2D eigenvalue weighted by atomic mass is 127. The van der Waals surface area contributed by atoms with Crippen LogP contribution in [-0.2, 0) is 11.2 Å². The Morgan fingerprint density at radius 2 is 2.14 bits per heavy atom. The monoisotopic (exact) mass is 409 g/mol. The third-order valence-electron chi connectivity index (χ3n) is 2.73. The number of halogens is 2. The lowest BCUT2D eigenvalue weighted by molar-refractivity contribution is 0.203. The number of hydrogen-bond acceptors (Lipinski definition) is 2. The lowest BCUT2D eigenvalue weighted by Crippen LogP contribution is -2.39. The van der Waals surface area contributed by atoms with E-state index in [2.05, 4.69) is 15.6 Å². The largest absolute Gasteiger partial charge is 0.383 e. The van der Waals surface area contributed by atoms with Gasteiger partial charge in [-0.05, 0) is 37.5 Å². The van der Waals surface area contributed by atoms with Crippen molar-refractivity contribution in [2.75, 3.05) is 33.4 Å². The summed E-state index contributed by atoms with van der Waals surface area (Å²) >= 11 is 0. The smallest absolute Gasteiger partial charge is 0.191 e. The molecule has 0 fully saturated rings. The molecular weight excluding hydrogens is 384 g/mol. The lowest BCUT2D eigenvalue weighted by Gasteiger charge is -2.10. The summed E-state index contributed by atoms with van der Waals surface area (Å²) in [4.78, 5) is 4.47. The van der Waals surface area contributed by atoms with Crippen molar-refractivity contribution in [3.63, 3.8) is 0 Å². The van der Waals surface area contributed by atoms with Gasteiger partial charge in [-0.2, -0.15) is 0 Å². The van der Waals surface area contributed by atoms with Crippen LogP contribution in [0.2, 0.25) is 0 Å². The van der Waals surface area contributed by atoms with E-state index in [-0.39, 0.29) is 29.8 Å². The lowest BCUT2D eigenvalue weighted by atomic mass is 10.1. The van der Waals surface area contributed by atoms with E-state index in [4.69, 9.17) is 4.74 Å². The van der Waals surface area contributed by atoms with E-state index in [0.717, 1.165) is 37.5 Å². The number of rotatable bonds is 8. The van der Waals surface area contributed by atoms with Gasteiger partial charge in [-0.3, -0.25) is 4.99 Å². The molecular formula is C15H25FIN3O. The predicted octanol–water partition coefficient (Wildman–Crippen LogP) is 2.58. The molecule has 1 aromatic rings. The van der Waals surface area contributed by atoms with Gasteiger partial charge in [-0.1, -0.05) is 12.1 Å². The summed E-state index contributed by atoms with van der Waals surface area (Å²) in [5.41, 5.74) is 1.01. The van der Waals surface area contributed by atoms with Crippen molar-refractivity contribution in [3.8, 4) is 0 Å². The number of hydrogen-bond donors (Lipinski definition) is 2. The molecule has 2 N–H and O–H groups in total. The van der Waals surface area contributed by atoms with Crippen LogP contribution in [0.4, 0.5) is 4.39 Å². The number of benzene rings is 1. The topological polar surface area (TPSA) is 45.7 Å². The average molecular weight is 409 g/mol. The molecule has 0 amide bonds. The predicted molar refractivity (Wildman–Crippen MR) is 96.0 cm³/mol. The molecule has 0 aliphatic rings. The summed E-state index contributed by atoms with van der Waals surface area (Å²) in [6.07, 6.45) is 1.73. The van der Waals surface area contributed by atoms with Crippen molar-refractivity contribution in [2.45, 2.75) is 19.8 Å². The zero-order valence-electron chi connectivity index (χ0n) is 12.7. The number of ether oxygens (including phenoxy) is 1. The Kier molecular flexibility index (Phi) is 12.3. The molecule has 120 valence electrons. The van der Waals surface area contributed by atoms with Crippen LogP contribution in [0, 0.1) is 5.82 Å². The first-order valence-corrected chi connectivity index (χ1v) is 7.01. The maximum absolute atomic E-state index is 13.0. The van der Waals surface area contributed by atoms with Crippen LogP contribution in [0.5, 0.6) is 0 Å². The summed E-state index contributed by atoms with van der Waals surface area (Å²) in [6, 6.07) is 6.72. The van der Waals surface area contributed by atoms with Crippen molar-refractivity contribution in [2.24, 2.45) is 4.99 Å². The number of aliphatic imine (C=N–C) groups is 1. The van der Waals surface area contributed by atoms with Gasteiger partial charge in [-0.25, -0.2) is 4.39 Å². The van der Waals surface area contributed by atoms with Gasteiger partial charge in [-0.15, -0.1) is 24.0 Å². The van der Waals surface area contributed by atoms with Crippen LogP contribution in [0.3, 0.4) is 0 Å². The van der Waals surface area contributed by atoms with Crippen molar-refractivity contribution < 1.29 is 9.13 Å².